The minimum atomic E-state index is 0.00193. The molecule has 1 aromatic heterocycles. The molecule has 1 aliphatic rings. The predicted molar refractivity (Wildman–Crippen MR) is 92.5 cm³/mol. The number of hydrogen-bond donors (Lipinski definition) is 2. The first-order chi connectivity index (χ1) is 11.5. The van der Waals surface area contributed by atoms with E-state index in [0.717, 1.165) is 12.8 Å². The minimum Gasteiger partial charge on any atom is -0.368 e. The quantitative estimate of drug-likeness (QED) is 0.858. The van der Waals surface area contributed by atoms with Crippen molar-refractivity contribution in [2.75, 3.05) is 24.7 Å². The first-order valence-corrected chi connectivity index (χ1v) is 8.05. The second kappa shape index (κ2) is 6.82. The van der Waals surface area contributed by atoms with Gasteiger partial charge in [-0.1, -0.05) is 24.3 Å². The molecule has 0 bridgehead atoms. The number of aromatic nitrogens is 3. The second-order valence-corrected chi connectivity index (χ2v) is 6.22. The van der Waals surface area contributed by atoms with Gasteiger partial charge in [-0.05, 0) is 29.9 Å². The lowest BCUT2D eigenvalue weighted by Crippen LogP contribution is -2.26. The molecule has 0 radical (unpaired) electrons. The van der Waals surface area contributed by atoms with Crippen LogP contribution in [0.2, 0.25) is 0 Å². The van der Waals surface area contributed by atoms with Crippen molar-refractivity contribution in [1.82, 2.24) is 20.3 Å². The molecule has 1 aliphatic carbocycles. The van der Waals surface area contributed by atoms with Gasteiger partial charge in [-0.25, -0.2) is 0 Å². The molecule has 126 valence electrons. The molecular formula is C17H22N6O. The topological polar surface area (TPSA) is 97.0 Å². The molecule has 7 heteroatoms. The number of nitrogen functional groups attached to an aromatic ring is 1. The van der Waals surface area contributed by atoms with E-state index < -0.39 is 0 Å². The number of nitrogens with one attached hydrogen (secondary N) is 1. The van der Waals surface area contributed by atoms with Gasteiger partial charge in [0.1, 0.15) is 0 Å². The number of amides is 1. The molecule has 24 heavy (non-hydrogen) atoms. The number of hydrogen-bond acceptors (Lipinski definition) is 6. The van der Waals surface area contributed by atoms with Crippen LogP contribution in [0.15, 0.2) is 24.3 Å². The number of aryl methyl sites for hydroxylation is 1. The lowest BCUT2D eigenvalue weighted by molar-refractivity contribution is -0.121. The summed E-state index contributed by atoms with van der Waals surface area (Å²) in [7, 11) is 3.66. The van der Waals surface area contributed by atoms with E-state index in [1.807, 2.05) is 20.2 Å². The third-order valence-electron chi connectivity index (χ3n) is 4.22. The fraction of sp³-hybridized carbons (Fsp3) is 0.412. The highest BCUT2D eigenvalue weighted by molar-refractivity contribution is 5.77. The van der Waals surface area contributed by atoms with Gasteiger partial charge < -0.3 is 16.0 Å². The van der Waals surface area contributed by atoms with Crippen molar-refractivity contribution in [2.45, 2.75) is 31.7 Å². The number of nitrogens with two attached hydrogens (primary N) is 1. The summed E-state index contributed by atoms with van der Waals surface area (Å²) in [5.41, 5.74) is 8.34. The highest BCUT2D eigenvalue weighted by Gasteiger charge is 2.24. The van der Waals surface area contributed by atoms with Gasteiger partial charge in [0, 0.05) is 20.5 Å². The van der Waals surface area contributed by atoms with Crippen LogP contribution in [0, 0.1) is 0 Å². The van der Waals surface area contributed by atoms with Gasteiger partial charge in [-0.3, -0.25) is 4.79 Å². The molecule has 1 atom stereocenters. The van der Waals surface area contributed by atoms with Crippen molar-refractivity contribution in [2.24, 2.45) is 0 Å². The molecule has 0 saturated carbocycles. The van der Waals surface area contributed by atoms with Crippen LogP contribution in [0.1, 0.15) is 35.7 Å². The molecule has 0 saturated heterocycles. The Hall–Kier alpha value is -2.70. The third kappa shape index (κ3) is 3.61. The van der Waals surface area contributed by atoms with Crippen LogP contribution in [0.3, 0.4) is 0 Å². The number of carbonyl (C=O) groups excluding carboxylic acids is 1. The Balaban J connectivity index is 1.59. The molecule has 0 fully saturated rings. The Morgan fingerprint density at radius 3 is 2.88 bits per heavy atom. The zero-order valence-corrected chi connectivity index (χ0v) is 14.0. The van der Waals surface area contributed by atoms with Gasteiger partial charge in [-0.15, -0.1) is 0 Å². The summed E-state index contributed by atoms with van der Waals surface area (Å²) in [6.45, 7) is 0.251. The summed E-state index contributed by atoms with van der Waals surface area (Å²) >= 11 is 0. The lowest BCUT2D eigenvalue weighted by Gasteiger charge is -2.13. The standard InChI is InChI=1S/C17H22N6O/c1-23(2)17-21-14(20-16(18)22-17)10-19-15(24)9-12-8-7-11-5-3-4-6-13(11)12/h3-6,12H,7-10H2,1-2H3,(H,19,24)(H2,18,20,21,22)/t12-/m0/s1. The van der Waals surface area contributed by atoms with Crippen molar-refractivity contribution in [3.8, 4) is 0 Å². The van der Waals surface area contributed by atoms with E-state index in [1.165, 1.54) is 11.1 Å². The van der Waals surface area contributed by atoms with Crippen molar-refractivity contribution in [1.29, 1.82) is 0 Å². The summed E-state index contributed by atoms with van der Waals surface area (Å²) in [4.78, 5) is 26.4. The van der Waals surface area contributed by atoms with Crippen LogP contribution >= 0.6 is 0 Å². The maximum atomic E-state index is 12.3. The van der Waals surface area contributed by atoms with Gasteiger partial charge in [0.15, 0.2) is 5.82 Å². The number of rotatable bonds is 5. The number of nitrogens with zero attached hydrogens (tertiary/aromatic N) is 4. The van der Waals surface area contributed by atoms with E-state index in [2.05, 4.69) is 38.5 Å². The average Bonchev–Trinajstić information content (AvgIpc) is 2.96. The van der Waals surface area contributed by atoms with E-state index in [-0.39, 0.29) is 18.4 Å². The largest absolute Gasteiger partial charge is 0.368 e. The van der Waals surface area contributed by atoms with Gasteiger partial charge in [0.05, 0.1) is 6.54 Å². The van der Waals surface area contributed by atoms with Crippen molar-refractivity contribution in [3.63, 3.8) is 0 Å². The summed E-state index contributed by atoms with van der Waals surface area (Å²) in [5.74, 6) is 1.40. The smallest absolute Gasteiger partial charge is 0.229 e. The number of fused-ring (bicyclic) bond motifs is 1. The highest BCUT2D eigenvalue weighted by atomic mass is 16.1. The van der Waals surface area contributed by atoms with Gasteiger partial charge >= 0.3 is 0 Å². The lowest BCUT2D eigenvalue weighted by atomic mass is 9.97. The Morgan fingerprint density at radius 2 is 2.08 bits per heavy atom. The van der Waals surface area contributed by atoms with Crippen LogP contribution in [0.25, 0.3) is 0 Å². The first kappa shape index (κ1) is 16.2. The molecular weight excluding hydrogens is 304 g/mol. The van der Waals surface area contributed by atoms with E-state index in [4.69, 9.17) is 5.73 Å². The number of benzene rings is 1. The van der Waals surface area contributed by atoms with Gasteiger partial charge in [0.2, 0.25) is 17.8 Å². The minimum absolute atomic E-state index is 0.00193. The average molecular weight is 326 g/mol. The summed E-state index contributed by atoms with van der Waals surface area (Å²) in [6, 6.07) is 8.35. The molecule has 7 nitrogen and oxygen atoms in total. The van der Waals surface area contributed by atoms with Crippen LogP contribution in [-0.4, -0.2) is 35.0 Å². The van der Waals surface area contributed by atoms with Crippen LogP contribution in [0.5, 0.6) is 0 Å². The molecule has 1 amide bonds. The van der Waals surface area contributed by atoms with Crippen LogP contribution < -0.4 is 16.0 Å². The fourth-order valence-corrected chi connectivity index (χ4v) is 3.04. The summed E-state index contributed by atoms with van der Waals surface area (Å²) < 4.78 is 0. The second-order valence-electron chi connectivity index (χ2n) is 6.22. The maximum Gasteiger partial charge on any atom is 0.229 e. The Kier molecular flexibility index (Phi) is 4.59. The van der Waals surface area contributed by atoms with Crippen molar-refractivity contribution >= 4 is 17.8 Å². The van der Waals surface area contributed by atoms with E-state index in [0.29, 0.717) is 24.1 Å². The number of anilines is 2. The maximum absolute atomic E-state index is 12.3. The van der Waals surface area contributed by atoms with Crippen molar-refractivity contribution < 1.29 is 4.79 Å². The monoisotopic (exact) mass is 326 g/mol. The van der Waals surface area contributed by atoms with E-state index >= 15 is 0 Å². The van der Waals surface area contributed by atoms with Crippen molar-refractivity contribution in [3.05, 3.63) is 41.2 Å². The fourth-order valence-electron chi connectivity index (χ4n) is 3.04. The Bertz CT molecular complexity index is 746. The summed E-state index contributed by atoms with van der Waals surface area (Å²) in [6.07, 6.45) is 2.55. The van der Waals surface area contributed by atoms with E-state index in [1.54, 1.807) is 4.90 Å². The molecule has 0 aliphatic heterocycles. The third-order valence-corrected chi connectivity index (χ3v) is 4.22. The molecule has 2 aromatic rings. The van der Waals surface area contributed by atoms with Crippen LogP contribution in [-0.2, 0) is 17.8 Å². The molecule has 1 aromatic carbocycles. The van der Waals surface area contributed by atoms with Gasteiger partial charge in [-0.2, -0.15) is 15.0 Å². The Labute approximate surface area is 141 Å². The SMILES string of the molecule is CN(C)c1nc(N)nc(CNC(=O)C[C@@H]2CCc3ccccc32)n1. The number of carbonyl (C=O) groups is 1. The van der Waals surface area contributed by atoms with Crippen LogP contribution in [0.4, 0.5) is 11.9 Å². The normalized spacial score (nSPS) is 15.8. The molecule has 0 spiro atoms. The zero-order valence-electron chi connectivity index (χ0n) is 14.0. The highest BCUT2D eigenvalue weighted by Crippen LogP contribution is 2.35. The zero-order chi connectivity index (χ0) is 17.1. The Morgan fingerprint density at radius 1 is 1.29 bits per heavy atom. The van der Waals surface area contributed by atoms with E-state index in [9.17, 15) is 4.79 Å². The molecule has 1 heterocycles. The molecule has 3 rings (SSSR count). The summed E-state index contributed by atoms with van der Waals surface area (Å²) in [5, 5.41) is 2.88. The first-order valence-electron chi connectivity index (χ1n) is 8.05. The predicted octanol–water partition coefficient (Wildman–Crippen LogP) is 1.26. The van der Waals surface area contributed by atoms with Gasteiger partial charge in [0.25, 0.3) is 0 Å². The molecule has 3 N–H and O–H groups in total. The molecule has 0 unspecified atom stereocenters.